The van der Waals surface area contributed by atoms with E-state index < -0.39 is 0 Å². The molecule has 1 aromatic carbocycles. The number of halogens is 1. The van der Waals surface area contributed by atoms with E-state index in [2.05, 4.69) is 21.2 Å². The van der Waals surface area contributed by atoms with Crippen molar-refractivity contribution in [2.24, 2.45) is 0 Å². The molecule has 18 heavy (non-hydrogen) atoms. The third-order valence-corrected chi connectivity index (χ3v) is 3.86. The zero-order chi connectivity index (χ0) is 13.0. The Balaban J connectivity index is 1.91. The lowest BCUT2D eigenvalue weighted by molar-refractivity contribution is 0.104. The monoisotopic (exact) mass is 313 g/mol. The molecule has 0 aromatic heterocycles. The van der Waals surface area contributed by atoms with Gasteiger partial charge in [0, 0.05) is 17.1 Å². The summed E-state index contributed by atoms with van der Waals surface area (Å²) in [6.07, 6.45) is 2.90. The number of aliphatic hydroxyl groups excluding tert-OH is 1. The Kier molecular flexibility index (Phi) is 5.03. The smallest absolute Gasteiger partial charge is 0.119 e. The van der Waals surface area contributed by atoms with E-state index >= 15 is 0 Å². The van der Waals surface area contributed by atoms with Gasteiger partial charge in [0.25, 0.3) is 0 Å². The molecular weight excluding hydrogens is 294 g/mol. The van der Waals surface area contributed by atoms with Gasteiger partial charge in [-0.2, -0.15) is 0 Å². The highest BCUT2D eigenvalue weighted by Gasteiger charge is 2.20. The van der Waals surface area contributed by atoms with Crippen LogP contribution in [0.3, 0.4) is 0 Å². The third kappa shape index (κ3) is 4.26. The number of hydrogen-bond donors (Lipinski definition) is 2. The average Bonchev–Trinajstić information content (AvgIpc) is 3.19. The molecule has 3 nitrogen and oxygen atoms in total. The van der Waals surface area contributed by atoms with Crippen LogP contribution in [0.5, 0.6) is 5.75 Å². The molecule has 0 spiro atoms. The highest BCUT2D eigenvalue weighted by molar-refractivity contribution is 9.10. The third-order valence-electron chi connectivity index (χ3n) is 3.09. The lowest BCUT2D eigenvalue weighted by atomic mass is 10.2. The van der Waals surface area contributed by atoms with E-state index in [9.17, 15) is 5.11 Å². The summed E-state index contributed by atoms with van der Waals surface area (Å²) in [4.78, 5) is 0. The first-order valence-electron chi connectivity index (χ1n) is 6.51. The van der Waals surface area contributed by atoms with E-state index in [0.717, 1.165) is 16.8 Å². The van der Waals surface area contributed by atoms with E-state index in [1.807, 2.05) is 25.1 Å². The molecule has 1 unspecified atom stereocenters. The van der Waals surface area contributed by atoms with Crippen molar-refractivity contribution < 1.29 is 9.84 Å². The predicted molar refractivity (Wildman–Crippen MR) is 75.8 cm³/mol. The number of ether oxygens (including phenoxy) is 1. The maximum absolute atomic E-state index is 9.48. The van der Waals surface area contributed by atoms with Gasteiger partial charge in [-0.05, 0) is 43.0 Å². The minimum absolute atomic E-state index is 0.355. The molecule has 0 radical (unpaired) electrons. The summed E-state index contributed by atoms with van der Waals surface area (Å²) >= 11 is 3.55. The van der Waals surface area contributed by atoms with Gasteiger partial charge in [0.15, 0.2) is 0 Å². The summed E-state index contributed by atoms with van der Waals surface area (Å²) < 4.78 is 6.67. The summed E-state index contributed by atoms with van der Waals surface area (Å²) in [6.45, 7) is 3.16. The van der Waals surface area contributed by atoms with Gasteiger partial charge >= 0.3 is 0 Å². The fraction of sp³-hybridized carbons (Fsp3) is 0.571. The van der Waals surface area contributed by atoms with Crippen molar-refractivity contribution in [3.05, 3.63) is 28.2 Å². The van der Waals surface area contributed by atoms with Gasteiger partial charge in [-0.25, -0.2) is 0 Å². The van der Waals surface area contributed by atoms with Crippen molar-refractivity contribution in [2.45, 2.75) is 44.9 Å². The van der Waals surface area contributed by atoms with Crippen LogP contribution >= 0.6 is 15.9 Å². The van der Waals surface area contributed by atoms with Crippen molar-refractivity contribution in [3.63, 3.8) is 0 Å². The van der Waals surface area contributed by atoms with Gasteiger partial charge in [0.2, 0.25) is 0 Å². The number of benzene rings is 1. The summed E-state index contributed by atoms with van der Waals surface area (Å²) in [5, 5.41) is 13.0. The van der Waals surface area contributed by atoms with E-state index in [4.69, 9.17) is 4.74 Å². The van der Waals surface area contributed by atoms with Crippen LogP contribution < -0.4 is 10.1 Å². The fourth-order valence-electron chi connectivity index (χ4n) is 1.63. The normalized spacial score (nSPS) is 16.6. The van der Waals surface area contributed by atoms with Crippen molar-refractivity contribution in [1.29, 1.82) is 0 Å². The number of aliphatic hydroxyl groups is 1. The molecule has 100 valence electrons. The van der Waals surface area contributed by atoms with Crippen LogP contribution in [-0.2, 0) is 6.54 Å². The predicted octanol–water partition coefficient (Wildman–Crippen LogP) is 2.85. The first-order chi connectivity index (χ1) is 8.69. The van der Waals surface area contributed by atoms with Crippen LogP contribution in [0.15, 0.2) is 22.7 Å². The standard InChI is InChI=1S/C14H20BrNO2/c1-2-12(17)9-18-13-5-6-14(15)10(7-13)8-16-11-3-4-11/h5-7,11-12,16-17H,2-4,8-9H2,1H3. The molecule has 1 aliphatic rings. The van der Waals surface area contributed by atoms with E-state index in [-0.39, 0.29) is 6.10 Å². The molecule has 1 aliphatic carbocycles. The minimum Gasteiger partial charge on any atom is -0.491 e. The summed E-state index contributed by atoms with van der Waals surface area (Å²) in [5.41, 5.74) is 1.20. The van der Waals surface area contributed by atoms with Gasteiger partial charge < -0.3 is 15.2 Å². The molecule has 1 aromatic rings. The second-order valence-corrected chi connectivity index (χ2v) is 5.64. The molecule has 1 atom stereocenters. The Morgan fingerprint density at radius 2 is 2.28 bits per heavy atom. The number of hydrogen-bond acceptors (Lipinski definition) is 3. The van der Waals surface area contributed by atoms with Gasteiger partial charge in [-0.3, -0.25) is 0 Å². The summed E-state index contributed by atoms with van der Waals surface area (Å²) in [5.74, 6) is 0.818. The van der Waals surface area contributed by atoms with Crippen LogP contribution in [0, 0.1) is 0 Å². The Bertz CT molecular complexity index is 393. The molecule has 2 rings (SSSR count). The minimum atomic E-state index is -0.387. The highest BCUT2D eigenvalue weighted by Crippen LogP contribution is 2.25. The molecular formula is C14H20BrNO2. The molecule has 4 heteroatoms. The van der Waals surface area contributed by atoms with Crippen molar-refractivity contribution in [2.75, 3.05) is 6.61 Å². The van der Waals surface area contributed by atoms with Crippen molar-refractivity contribution >= 4 is 15.9 Å². The van der Waals surface area contributed by atoms with E-state index in [1.165, 1.54) is 18.4 Å². The lowest BCUT2D eigenvalue weighted by Crippen LogP contribution is -2.17. The van der Waals surface area contributed by atoms with Crippen LogP contribution in [-0.4, -0.2) is 23.9 Å². The first-order valence-corrected chi connectivity index (χ1v) is 7.31. The lowest BCUT2D eigenvalue weighted by Gasteiger charge is -2.12. The van der Waals surface area contributed by atoms with Crippen LogP contribution in [0.25, 0.3) is 0 Å². The molecule has 1 saturated carbocycles. The quantitative estimate of drug-likeness (QED) is 0.813. The Hall–Kier alpha value is -0.580. The zero-order valence-corrected chi connectivity index (χ0v) is 12.2. The Morgan fingerprint density at radius 3 is 2.94 bits per heavy atom. The molecule has 0 heterocycles. The van der Waals surface area contributed by atoms with E-state index in [1.54, 1.807) is 0 Å². The Morgan fingerprint density at radius 1 is 1.50 bits per heavy atom. The van der Waals surface area contributed by atoms with Crippen LogP contribution in [0.4, 0.5) is 0 Å². The number of nitrogens with one attached hydrogen (secondary N) is 1. The van der Waals surface area contributed by atoms with Gasteiger partial charge in [0.1, 0.15) is 12.4 Å². The fourth-order valence-corrected chi connectivity index (χ4v) is 2.02. The maximum Gasteiger partial charge on any atom is 0.119 e. The molecule has 0 bridgehead atoms. The van der Waals surface area contributed by atoms with E-state index in [0.29, 0.717) is 19.1 Å². The van der Waals surface area contributed by atoms with Gasteiger partial charge in [0.05, 0.1) is 6.10 Å². The molecule has 1 fully saturated rings. The molecule has 0 amide bonds. The SMILES string of the molecule is CCC(O)COc1ccc(Br)c(CNC2CC2)c1. The molecule has 0 aliphatic heterocycles. The molecule has 2 N–H and O–H groups in total. The maximum atomic E-state index is 9.48. The highest BCUT2D eigenvalue weighted by atomic mass is 79.9. The van der Waals surface area contributed by atoms with Gasteiger partial charge in [-0.15, -0.1) is 0 Å². The van der Waals surface area contributed by atoms with Crippen LogP contribution in [0.2, 0.25) is 0 Å². The van der Waals surface area contributed by atoms with Crippen molar-refractivity contribution in [1.82, 2.24) is 5.32 Å². The Labute approximate surface area is 117 Å². The van der Waals surface area contributed by atoms with Crippen molar-refractivity contribution in [3.8, 4) is 5.75 Å². The van der Waals surface area contributed by atoms with Gasteiger partial charge in [-0.1, -0.05) is 22.9 Å². The second kappa shape index (κ2) is 6.55. The summed E-state index contributed by atoms with van der Waals surface area (Å²) in [6, 6.07) is 6.65. The average molecular weight is 314 g/mol. The zero-order valence-electron chi connectivity index (χ0n) is 10.7. The first kappa shape index (κ1) is 13.8. The second-order valence-electron chi connectivity index (χ2n) is 4.78. The molecule has 0 saturated heterocycles. The topological polar surface area (TPSA) is 41.5 Å². The number of rotatable bonds is 7. The largest absolute Gasteiger partial charge is 0.491 e. The summed E-state index contributed by atoms with van der Waals surface area (Å²) in [7, 11) is 0. The van der Waals surface area contributed by atoms with Crippen LogP contribution in [0.1, 0.15) is 31.7 Å².